The van der Waals surface area contributed by atoms with Crippen molar-refractivity contribution >= 4 is 17.5 Å². The minimum atomic E-state index is -0.976. The van der Waals surface area contributed by atoms with Gasteiger partial charge in [-0.15, -0.1) is 0 Å². The summed E-state index contributed by atoms with van der Waals surface area (Å²) in [4.78, 5) is 25.1. The van der Waals surface area contributed by atoms with Crippen molar-refractivity contribution in [2.75, 3.05) is 5.32 Å². The highest BCUT2D eigenvalue weighted by Crippen LogP contribution is 2.32. The highest BCUT2D eigenvalue weighted by molar-refractivity contribution is 5.82. The molecule has 1 saturated carbocycles. The third-order valence-electron chi connectivity index (χ3n) is 3.44. The second-order valence-corrected chi connectivity index (χ2v) is 4.74. The van der Waals surface area contributed by atoms with Crippen LogP contribution in [0.2, 0.25) is 0 Å². The number of carbonyl (C=O) groups is 1. The number of nitrogens with zero attached hydrogens (tertiary/aromatic N) is 2. The van der Waals surface area contributed by atoms with Crippen LogP contribution in [0.5, 0.6) is 0 Å². The quantitative estimate of drug-likeness (QED) is 0.638. The van der Waals surface area contributed by atoms with Gasteiger partial charge in [-0.25, -0.2) is 4.79 Å². The fourth-order valence-electron chi connectivity index (χ4n) is 2.39. The molecule has 1 fully saturated rings. The van der Waals surface area contributed by atoms with Crippen LogP contribution in [0.3, 0.4) is 0 Å². The molecule has 1 aromatic heterocycles. The maximum Gasteiger partial charge on any atom is 0.363 e. The van der Waals surface area contributed by atoms with Crippen LogP contribution >= 0.6 is 0 Å². The number of carboxylic acids is 1. The van der Waals surface area contributed by atoms with Crippen LogP contribution in [0.25, 0.3) is 0 Å². The van der Waals surface area contributed by atoms with Crippen molar-refractivity contribution < 1.29 is 14.8 Å². The van der Waals surface area contributed by atoms with Crippen molar-refractivity contribution in [3.63, 3.8) is 0 Å². The molecule has 0 aliphatic heterocycles. The highest BCUT2D eigenvalue weighted by Gasteiger charge is 2.39. The van der Waals surface area contributed by atoms with Crippen molar-refractivity contribution in [1.29, 1.82) is 0 Å². The Kier molecular flexibility index (Phi) is 3.64. The van der Waals surface area contributed by atoms with Crippen LogP contribution in [0, 0.1) is 10.1 Å². The Bertz CT molecular complexity index is 480. The molecule has 1 aromatic rings. The molecule has 1 heterocycles. The van der Waals surface area contributed by atoms with E-state index in [1.165, 1.54) is 18.3 Å². The van der Waals surface area contributed by atoms with Crippen LogP contribution in [0.15, 0.2) is 18.3 Å². The standard InChI is InChI=1S/C12H15N3O4/c16-11(17)12(6-2-1-3-7-12)14-9-4-5-10(13-8-9)15(18)19/h4-5,8,14H,1-3,6-7H2,(H,16,17). The first-order valence-corrected chi connectivity index (χ1v) is 6.15. The van der Waals surface area contributed by atoms with Gasteiger partial charge in [0.25, 0.3) is 0 Å². The molecule has 2 rings (SSSR count). The van der Waals surface area contributed by atoms with E-state index in [2.05, 4.69) is 10.3 Å². The van der Waals surface area contributed by atoms with Crippen LogP contribution in [-0.4, -0.2) is 26.5 Å². The zero-order valence-electron chi connectivity index (χ0n) is 10.3. The lowest BCUT2D eigenvalue weighted by Gasteiger charge is -2.34. The molecule has 0 atom stereocenters. The van der Waals surface area contributed by atoms with Crippen molar-refractivity contribution in [2.45, 2.75) is 37.6 Å². The number of pyridine rings is 1. The first-order chi connectivity index (χ1) is 9.03. The molecule has 0 aromatic carbocycles. The number of nitrogens with one attached hydrogen (secondary N) is 1. The molecular formula is C12H15N3O4. The number of hydrogen-bond acceptors (Lipinski definition) is 5. The summed E-state index contributed by atoms with van der Waals surface area (Å²) in [6.07, 6.45) is 5.17. The third-order valence-corrected chi connectivity index (χ3v) is 3.44. The number of aromatic nitrogens is 1. The average Bonchev–Trinajstić information content (AvgIpc) is 2.40. The van der Waals surface area contributed by atoms with E-state index in [-0.39, 0.29) is 5.82 Å². The average molecular weight is 265 g/mol. The smallest absolute Gasteiger partial charge is 0.363 e. The van der Waals surface area contributed by atoms with Crippen LogP contribution < -0.4 is 5.32 Å². The van der Waals surface area contributed by atoms with Gasteiger partial charge in [0.1, 0.15) is 5.54 Å². The Morgan fingerprint density at radius 2 is 2.05 bits per heavy atom. The number of carboxylic acid groups (broad SMARTS) is 1. The predicted octanol–water partition coefficient (Wildman–Crippen LogP) is 2.19. The molecule has 19 heavy (non-hydrogen) atoms. The summed E-state index contributed by atoms with van der Waals surface area (Å²) in [5.41, 5.74) is -0.481. The van der Waals surface area contributed by atoms with E-state index in [0.717, 1.165) is 19.3 Å². The molecule has 0 spiro atoms. The summed E-state index contributed by atoms with van der Waals surface area (Å²) in [5, 5.41) is 22.9. The maximum atomic E-state index is 11.5. The fourth-order valence-corrected chi connectivity index (χ4v) is 2.39. The first-order valence-electron chi connectivity index (χ1n) is 6.15. The molecule has 2 N–H and O–H groups in total. The van der Waals surface area contributed by atoms with Gasteiger partial charge in [0.15, 0.2) is 6.20 Å². The summed E-state index contributed by atoms with van der Waals surface area (Å²) in [7, 11) is 0. The molecule has 7 nitrogen and oxygen atoms in total. The molecule has 1 aliphatic rings. The normalized spacial score (nSPS) is 17.7. The van der Waals surface area contributed by atoms with E-state index in [9.17, 15) is 20.0 Å². The lowest BCUT2D eigenvalue weighted by Crippen LogP contribution is -2.47. The fraction of sp³-hybridized carbons (Fsp3) is 0.500. The van der Waals surface area contributed by atoms with E-state index >= 15 is 0 Å². The monoisotopic (exact) mass is 265 g/mol. The molecule has 0 unspecified atom stereocenters. The van der Waals surface area contributed by atoms with Crippen molar-refractivity contribution in [3.8, 4) is 0 Å². The zero-order chi connectivity index (χ0) is 13.9. The largest absolute Gasteiger partial charge is 0.480 e. The lowest BCUT2D eigenvalue weighted by molar-refractivity contribution is -0.389. The molecule has 102 valence electrons. The van der Waals surface area contributed by atoms with Crippen LogP contribution in [0.4, 0.5) is 11.5 Å². The van der Waals surface area contributed by atoms with Gasteiger partial charge in [0, 0.05) is 6.07 Å². The minimum absolute atomic E-state index is 0.251. The Balaban J connectivity index is 2.17. The third kappa shape index (κ3) is 2.81. The van der Waals surface area contributed by atoms with Crippen molar-refractivity contribution in [2.24, 2.45) is 0 Å². The van der Waals surface area contributed by atoms with Gasteiger partial charge in [-0.1, -0.05) is 19.3 Å². The highest BCUT2D eigenvalue weighted by atomic mass is 16.6. The summed E-state index contributed by atoms with van der Waals surface area (Å²) in [6.45, 7) is 0. The van der Waals surface area contributed by atoms with Crippen molar-refractivity contribution in [3.05, 3.63) is 28.4 Å². The molecular weight excluding hydrogens is 250 g/mol. The number of aliphatic carboxylic acids is 1. The van der Waals surface area contributed by atoms with Gasteiger partial charge in [0.05, 0.1) is 5.69 Å². The van der Waals surface area contributed by atoms with E-state index < -0.39 is 16.4 Å². The number of hydrogen-bond donors (Lipinski definition) is 2. The maximum absolute atomic E-state index is 11.5. The number of anilines is 1. The number of nitro groups is 1. The lowest BCUT2D eigenvalue weighted by atomic mass is 9.81. The summed E-state index contributed by atoms with van der Waals surface area (Å²) in [6, 6.07) is 2.76. The predicted molar refractivity (Wildman–Crippen MR) is 68.0 cm³/mol. The zero-order valence-corrected chi connectivity index (χ0v) is 10.3. The van der Waals surface area contributed by atoms with E-state index in [1.807, 2.05) is 0 Å². The van der Waals surface area contributed by atoms with Gasteiger partial charge in [-0.3, -0.25) is 0 Å². The van der Waals surface area contributed by atoms with Gasteiger partial charge in [0.2, 0.25) is 0 Å². The summed E-state index contributed by atoms with van der Waals surface area (Å²) < 4.78 is 0. The van der Waals surface area contributed by atoms with Crippen molar-refractivity contribution in [1.82, 2.24) is 4.98 Å². The molecule has 7 heteroatoms. The van der Waals surface area contributed by atoms with E-state index in [0.29, 0.717) is 18.5 Å². The Morgan fingerprint density at radius 1 is 1.37 bits per heavy atom. The Hall–Kier alpha value is -2.18. The second kappa shape index (κ2) is 5.21. The van der Waals surface area contributed by atoms with Crippen LogP contribution in [0.1, 0.15) is 32.1 Å². The summed E-state index contributed by atoms with van der Waals surface area (Å²) >= 11 is 0. The SMILES string of the molecule is O=C(O)C1(Nc2ccc([N+](=O)[O-])nc2)CCCCC1. The topological polar surface area (TPSA) is 105 Å². The van der Waals surface area contributed by atoms with Gasteiger partial charge < -0.3 is 20.5 Å². The molecule has 0 amide bonds. The number of rotatable bonds is 4. The van der Waals surface area contributed by atoms with Gasteiger partial charge in [-0.05, 0) is 28.8 Å². The van der Waals surface area contributed by atoms with E-state index in [4.69, 9.17) is 0 Å². The Labute approximate surface area is 109 Å². The Morgan fingerprint density at radius 3 is 2.53 bits per heavy atom. The second-order valence-electron chi connectivity index (χ2n) is 4.74. The van der Waals surface area contributed by atoms with Crippen LogP contribution in [-0.2, 0) is 4.79 Å². The molecule has 1 aliphatic carbocycles. The molecule has 0 saturated heterocycles. The van der Waals surface area contributed by atoms with Gasteiger partial charge in [-0.2, -0.15) is 0 Å². The van der Waals surface area contributed by atoms with E-state index in [1.54, 1.807) is 0 Å². The molecule has 0 bridgehead atoms. The summed E-state index contributed by atoms with van der Waals surface area (Å²) in [5.74, 6) is -1.14. The first kappa shape index (κ1) is 13.3. The van der Waals surface area contributed by atoms with Gasteiger partial charge >= 0.3 is 11.8 Å². The minimum Gasteiger partial charge on any atom is -0.480 e. The molecule has 0 radical (unpaired) electrons.